The lowest BCUT2D eigenvalue weighted by Crippen LogP contribution is -2.27. The number of carbonyl (C=O) groups is 1. The number of hydrogen-bond donors (Lipinski definition) is 1. The van der Waals surface area contributed by atoms with Crippen molar-refractivity contribution >= 4 is 17.3 Å². The van der Waals surface area contributed by atoms with Crippen molar-refractivity contribution in [2.24, 2.45) is 0 Å². The molecule has 0 saturated carbocycles. The molecule has 1 aliphatic heterocycles. The van der Waals surface area contributed by atoms with Gasteiger partial charge in [-0.1, -0.05) is 0 Å². The number of nitrogens with one attached hydrogen (secondary N) is 1. The van der Waals surface area contributed by atoms with Gasteiger partial charge in [-0.3, -0.25) is 9.78 Å². The van der Waals surface area contributed by atoms with Crippen molar-refractivity contribution in [3.8, 4) is 0 Å². The highest BCUT2D eigenvalue weighted by Gasteiger charge is 2.29. The Morgan fingerprint density at radius 3 is 2.33 bits per heavy atom. The van der Waals surface area contributed by atoms with Crippen molar-refractivity contribution in [3.63, 3.8) is 0 Å². The quantitative estimate of drug-likeness (QED) is 0.919. The van der Waals surface area contributed by atoms with Crippen LogP contribution in [0.1, 0.15) is 28.8 Å². The van der Waals surface area contributed by atoms with Gasteiger partial charge in [0.15, 0.2) is 0 Å². The predicted molar refractivity (Wildman–Crippen MR) is 84.1 cm³/mol. The fourth-order valence-corrected chi connectivity index (χ4v) is 2.64. The van der Waals surface area contributed by atoms with Crippen LogP contribution < -0.4 is 5.32 Å². The van der Waals surface area contributed by atoms with Gasteiger partial charge in [0.25, 0.3) is 5.91 Å². The second-order valence-corrected chi connectivity index (χ2v) is 5.66. The monoisotopic (exact) mass is 335 g/mol. The fraction of sp³-hybridized carbons (Fsp3) is 0.294. The predicted octanol–water partition coefficient (Wildman–Crippen LogP) is 4.08. The number of rotatable bonds is 3. The molecular formula is C17H16F3N3O. The number of nitrogens with zero attached hydrogens (tertiary/aromatic N) is 2. The summed E-state index contributed by atoms with van der Waals surface area (Å²) < 4.78 is 37.7. The molecule has 2 heterocycles. The highest BCUT2D eigenvalue weighted by atomic mass is 19.4. The van der Waals surface area contributed by atoms with Crippen LogP contribution in [0.25, 0.3) is 0 Å². The summed E-state index contributed by atoms with van der Waals surface area (Å²) in [5, 5.41) is 2.97. The molecule has 0 bridgehead atoms. The van der Waals surface area contributed by atoms with Crippen molar-refractivity contribution in [2.75, 3.05) is 18.4 Å². The minimum Gasteiger partial charge on any atom is -0.354 e. The Labute approximate surface area is 137 Å². The second-order valence-electron chi connectivity index (χ2n) is 5.66. The minimum atomic E-state index is -4.36. The Balaban J connectivity index is 1.73. The Hall–Kier alpha value is -2.57. The van der Waals surface area contributed by atoms with Crippen LogP contribution in [0.3, 0.4) is 0 Å². The van der Waals surface area contributed by atoms with E-state index in [-0.39, 0.29) is 5.91 Å². The lowest BCUT2D eigenvalue weighted by Gasteiger charge is -2.15. The average molecular weight is 335 g/mol. The maximum Gasteiger partial charge on any atom is 0.416 e. The highest BCUT2D eigenvalue weighted by molar-refractivity contribution is 5.95. The van der Waals surface area contributed by atoms with E-state index >= 15 is 0 Å². The third-order valence-electron chi connectivity index (χ3n) is 3.88. The van der Waals surface area contributed by atoms with Crippen LogP contribution in [-0.4, -0.2) is 28.9 Å². The Kier molecular flexibility index (Phi) is 4.42. The summed E-state index contributed by atoms with van der Waals surface area (Å²) in [5.74, 6) is -0.0731. The second kappa shape index (κ2) is 6.51. The molecule has 1 aromatic heterocycles. The molecule has 0 unspecified atom stereocenters. The first-order chi connectivity index (χ1) is 11.4. The number of amides is 1. The first-order valence-corrected chi connectivity index (χ1v) is 7.62. The number of hydrogen-bond acceptors (Lipinski definition) is 3. The molecule has 24 heavy (non-hydrogen) atoms. The maximum absolute atomic E-state index is 12.6. The first-order valence-electron chi connectivity index (χ1n) is 7.62. The van der Waals surface area contributed by atoms with Crippen LogP contribution in [0.5, 0.6) is 0 Å². The van der Waals surface area contributed by atoms with Gasteiger partial charge in [-0.05, 0) is 43.2 Å². The molecule has 1 aromatic carbocycles. The Bertz CT molecular complexity index is 723. The van der Waals surface area contributed by atoms with Gasteiger partial charge in [0.2, 0.25) is 0 Å². The van der Waals surface area contributed by atoms with Gasteiger partial charge in [-0.2, -0.15) is 13.2 Å². The maximum atomic E-state index is 12.6. The summed E-state index contributed by atoms with van der Waals surface area (Å²) in [5.41, 5.74) is 0.813. The molecule has 1 aliphatic rings. The van der Waals surface area contributed by atoms with Crippen LogP contribution in [0.4, 0.5) is 24.5 Å². The third kappa shape index (κ3) is 3.67. The van der Waals surface area contributed by atoms with E-state index in [9.17, 15) is 18.0 Å². The molecule has 2 aromatic rings. The third-order valence-corrected chi connectivity index (χ3v) is 3.88. The van der Waals surface area contributed by atoms with E-state index < -0.39 is 11.7 Å². The standard InChI is InChI=1S/C17H16F3N3O/c18-17(19,20)13-3-5-14(6-4-13)22-15-9-12(10-21-11-15)16(24)23-7-1-2-8-23/h3-6,9-11,22H,1-2,7-8H2. The molecule has 0 aliphatic carbocycles. The average Bonchev–Trinajstić information content (AvgIpc) is 3.08. The van der Waals surface area contributed by atoms with Crippen molar-refractivity contribution in [3.05, 3.63) is 53.9 Å². The molecule has 7 heteroatoms. The van der Waals surface area contributed by atoms with Gasteiger partial charge in [-0.25, -0.2) is 0 Å². The number of benzene rings is 1. The summed E-state index contributed by atoms with van der Waals surface area (Å²) in [6.07, 6.45) is 0.671. The Morgan fingerprint density at radius 1 is 1.04 bits per heavy atom. The van der Waals surface area contributed by atoms with Crippen LogP contribution >= 0.6 is 0 Å². The number of carbonyl (C=O) groups excluding carboxylic acids is 1. The van der Waals surface area contributed by atoms with E-state index in [2.05, 4.69) is 10.3 Å². The first kappa shape index (κ1) is 16.3. The molecule has 1 saturated heterocycles. The van der Waals surface area contributed by atoms with E-state index in [1.165, 1.54) is 24.5 Å². The summed E-state index contributed by atoms with van der Waals surface area (Å²) in [6, 6.07) is 6.37. The summed E-state index contributed by atoms with van der Waals surface area (Å²) in [4.78, 5) is 18.2. The molecule has 0 radical (unpaired) electrons. The zero-order chi connectivity index (χ0) is 17.2. The number of alkyl halides is 3. The normalized spacial score (nSPS) is 14.7. The SMILES string of the molecule is O=C(c1cncc(Nc2ccc(C(F)(F)F)cc2)c1)N1CCCC1. The van der Waals surface area contributed by atoms with Crippen LogP contribution in [0.2, 0.25) is 0 Å². The smallest absolute Gasteiger partial charge is 0.354 e. The van der Waals surface area contributed by atoms with Gasteiger partial charge < -0.3 is 10.2 Å². The molecule has 126 valence electrons. The molecule has 3 rings (SSSR count). The lowest BCUT2D eigenvalue weighted by atomic mass is 10.2. The summed E-state index contributed by atoms with van der Waals surface area (Å²) in [7, 11) is 0. The van der Waals surface area contributed by atoms with Crippen LogP contribution in [0.15, 0.2) is 42.7 Å². The molecule has 4 nitrogen and oxygen atoms in total. The molecular weight excluding hydrogens is 319 g/mol. The Morgan fingerprint density at radius 2 is 1.71 bits per heavy atom. The minimum absolute atomic E-state index is 0.0731. The van der Waals surface area contributed by atoms with Crippen LogP contribution in [0, 0.1) is 0 Å². The molecule has 1 N–H and O–H groups in total. The molecule has 1 amide bonds. The summed E-state index contributed by atoms with van der Waals surface area (Å²) >= 11 is 0. The fourth-order valence-electron chi connectivity index (χ4n) is 2.64. The lowest BCUT2D eigenvalue weighted by molar-refractivity contribution is -0.137. The zero-order valence-electron chi connectivity index (χ0n) is 12.8. The van der Waals surface area contributed by atoms with Gasteiger partial charge in [0, 0.05) is 25.0 Å². The number of pyridine rings is 1. The van der Waals surface area contributed by atoms with Crippen molar-refractivity contribution < 1.29 is 18.0 Å². The highest BCUT2D eigenvalue weighted by Crippen LogP contribution is 2.30. The van der Waals surface area contributed by atoms with Crippen molar-refractivity contribution in [1.29, 1.82) is 0 Å². The van der Waals surface area contributed by atoms with Crippen molar-refractivity contribution in [2.45, 2.75) is 19.0 Å². The van der Waals surface area contributed by atoms with E-state index in [0.717, 1.165) is 38.1 Å². The van der Waals surface area contributed by atoms with E-state index in [4.69, 9.17) is 0 Å². The largest absolute Gasteiger partial charge is 0.416 e. The van der Waals surface area contributed by atoms with E-state index in [1.807, 2.05) is 0 Å². The molecule has 1 fully saturated rings. The number of halogens is 3. The molecule has 0 spiro atoms. The number of likely N-dealkylation sites (tertiary alicyclic amines) is 1. The number of anilines is 2. The van der Waals surface area contributed by atoms with Crippen molar-refractivity contribution in [1.82, 2.24) is 9.88 Å². The molecule has 0 atom stereocenters. The number of aromatic nitrogens is 1. The van der Waals surface area contributed by atoms with Gasteiger partial charge in [0.1, 0.15) is 0 Å². The zero-order valence-corrected chi connectivity index (χ0v) is 12.8. The van der Waals surface area contributed by atoms with Gasteiger partial charge in [-0.15, -0.1) is 0 Å². The van der Waals surface area contributed by atoms with E-state index in [0.29, 0.717) is 16.9 Å². The van der Waals surface area contributed by atoms with Gasteiger partial charge >= 0.3 is 6.18 Å². The summed E-state index contributed by atoms with van der Waals surface area (Å²) in [6.45, 7) is 1.49. The van der Waals surface area contributed by atoms with Crippen LogP contribution in [-0.2, 0) is 6.18 Å². The topological polar surface area (TPSA) is 45.2 Å². The van der Waals surface area contributed by atoms with Gasteiger partial charge in [0.05, 0.1) is 23.0 Å². The van der Waals surface area contributed by atoms with E-state index in [1.54, 1.807) is 11.0 Å².